The molecule has 1 amide bonds. The Morgan fingerprint density at radius 3 is 2.33 bits per heavy atom. The van der Waals surface area contributed by atoms with Crippen molar-refractivity contribution in [3.05, 3.63) is 93.9 Å². The normalized spacial score (nSPS) is 12.1. The highest BCUT2D eigenvalue weighted by molar-refractivity contribution is 5.87. The van der Waals surface area contributed by atoms with E-state index in [9.17, 15) is 9.59 Å². The van der Waals surface area contributed by atoms with Gasteiger partial charge in [0, 0.05) is 18.0 Å². The zero-order valence-corrected chi connectivity index (χ0v) is 17.3. The average Bonchev–Trinajstić information content (AvgIpc) is 3.10. The van der Waals surface area contributed by atoms with Crippen molar-refractivity contribution >= 4 is 16.9 Å². The van der Waals surface area contributed by atoms with Crippen LogP contribution in [0.2, 0.25) is 0 Å². The number of fused-ring (bicyclic) bond motifs is 1. The van der Waals surface area contributed by atoms with E-state index in [0.29, 0.717) is 12.2 Å². The Morgan fingerprint density at radius 2 is 1.67 bits per heavy atom. The molecule has 6 heteroatoms. The summed E-state index contributed by atoms with van der Waals surface area (Å²) in [7, 11) is 0. The number of aryl methyl sites for hydroxylation is 2. The van der Waals surface area contributed by atoms with Crippen LogP contribution in [0, 0.1) is 13.8 Å². The highest BCUT2D eigenvalue weighted by atomic mass is 16.2. The maximum Gasteiger partial charge on any atom is 0.253 e. The number of nitrogens with zero attached hydrogens (tertiary/aromatic N) is 3. The molecule has 0 saturated carbocycles. The predicted molar refractivity (Wildman–Crippen MR) is 118 cm³/mol. The Kier molecular flexibility index (Phi) is 5.23. The van der Waals surface area contributed by atoms with E-state index < -0.39 is 6.04 Å². The molecule has 0 aliphatic carbocycles. The first-order valence-corrected chi connectivity index (χ1v) is 9.96. The number of hydrogen-bond acceptors (Lipinski definition) is 3. The van der Waals surface area contributed by atoms with Crippen LogP contribution in [0.3, 0.4) is 0 Å². The van der Waals surface area contributed by atoms with Crippen molar-refractivity contribution in [1.82, 2.24) is 19.7 Å². The van der Waals surface area contributed by atoms with Crippen molar-refractivity contribution in [2.45, 2.75) is 33.4 Å². The first kappa shape index (κ1) is 19.6. The van der Waals surface area contributed by atoms with Crippen LogP contribution in [0.4, 0.5) is 0 Å². The third kappa shape index (κ3) is 3.52. The number of para-hydroxylation sites is 1. The van der Waals surface area contributed by atoms with E-state index in [1.807, 2.05) is 74.5 Å². The minimum absolute atomic E-state index is 0.218. The van der Waals surface area contributed by atoms with Gasteiger partial charge in [-0.05, 0) is 44.0 Å². The Bertz CT molecular complexity index is 1260. The standard InChI is InChI=1S/C24H24N4O2/c1-16-14-21(29)27(18(3)23(30)25-15-19-10-6-4-7-11-19)24-22(16)17(2)26-28(24)20-12-8-5-9-13-20/h4-14,18H,15H2,1-3H3,(H,25,30). The Hall–Kier alpha value is -3.67. The van der Waals surface area contributed by atoms with Crippen molar-refractivity contribution in [3.63, 3.8) is 0 Å². The van der Waals surface area contributed by atoms with Gasteiger partial charge >= 0.3 is 0 Å². The molecule has 6 nitrogen and oxygen atoms in total. The quantitative estimate of drug-likeness (QED) is 0.556. The molecule has 0 fully saturated rings. The largest absolute Gasteiger partial charge is 0.350 e. The fourth-order valence-corrected chi connectivity index (χ4v) is 3.80. The molecule has 2 heterocycles. The smallest absolute Gasteiger partial charge is 0.253 e. The lowest BCUT2D eigenvalue weighted by Crippen LogP contribution is -2.36. The summed E-state index contributed by atoms with van der Waals surface area (Å²) >= 11 is 0. The Balaban J connectivity index is 1.80. The van der Waals surface area contributed by atoms with Crippen LogP contribution in [0.5, 0.6) is 0 Å². The first-order chi connectivity index (χ1) is 14.5. The van der Waals surface area contributed by atoms with Gasteiger partial charge in [-0.1, -0.05) is 48.5 Å². The fourth-order valence-electron chi connectivity index (χ4n) is 3.80. The first-order valence-electron chi connectivity index (χ1n) is 9.96. The summed E-state index contributed by atoms with van der Waals surface area (Å²) in [4.78, 5) is 26.0. The fraction of sp³-hybridized carbons (Fsp3) is 0.208. The van der Waals surface area contributed by atoms with E-state index in [4.69, 9.17) is 0 Å². The molecule has 1 atom stereocenters. The molecule has 0 aliphatic heterocycles. The number of carbonyl (C=O) groups excluding carboxylic acids is 1. The highest BCUT2D eigenvalue weighted by Gasteiger charge is 2.23. The molecule has 0 saturated heterocycles. The van der Waals surface area contributed by atoms with Crippen LogP contribution in [0.25, 0.3) is 16.7 Å². The van der Waals surface area contributed by atoms with Crippen LogP contribution in [0.15, 0.2) is 71.5 Å². The van der Waals surface area contributed by atoms with E-state index in [-0.39, 0.29) is 11.5 Å². The second kappa shape index (κ2) is 7.99. The maximum absolute atomic E-state index is 13.0. The molecule has 0 radical (unpaired) electrons. The highest BCUT2D eigenvalue weighted by Crippen LogP contribution is 2.25. The number of hydrogen-bond donors (Lipinski definition) is 1. The van der Waals surface area contributed by atoms with Crippen molar-refractivity contribution in [2.75, 3.05) is 0 Å². The summed E-state index contributed by atoms with van der Waals surface area (Å²) < 4.78 is 3.29. The minimum Gasteiger partial charge on any atom is -0.350 e. The molecule has 4 rings (SSSR count). The van der Waals surface area contributed by atoms with Crippen LogP contribution >= 0.6 is 0 Å². The van der Waals surface area contributed by atoms with Gasteiger partial charge in [-0.15, -0.1) is 0 Å². The molecule has 152 valence electrons. The third-order valence-electron chi connectivity index (χ3n) is 5.31. The molecule has 0 aliphatic rings. The number of benzene rings is 2. The number of rotatable bonds is 5. The SMILES string of the molecule is Cc1cc(=O)n(C(C)C(=O)NCc2ccccc2)c2c1c(C)nn2-c1ccccc1. The maximum atomic E-state index is 13.0. The van der Waals surface area contributed by atoms with Crippen molar-refractivity contribution in [1.29, 1.82) is 0 Å². The van der Waals surface area contributed by atoms with Gasteiger partial charge in [-0.3, -0.25) is 14.2 Å². The van der Waals surface area contributed by atoms with E-state index in [1.54, 1.807) is 17.7 Å². The number of aromatic nitrogens is 3. The minimum atomic E-state index is -0.692. The summed E-state index contributed by atoms with van der Waals surface area (Å²) in [5.74, 6) is -0.218. The summed E-state index contributed by atoms with van der Waals surface area (Å²) in [5.41, 5.74) is 3.92. The lowest BCUT2D eigenvalue weighted by atomic mass is 10.1. The summed E-state index contributed by atoms with van der Waals surface area (Å²) in [6.07, 6.45) is 0. The van der Waals surface area contributed by atoms with E-state index >= 15 is 0 Å². The van der Waals surface area contributed by atoms with Gasteiger partial charge < -0.3 is 5.32 Å². The van der Waals surface area contributed by atoms with E-state index in [2.05, 4.69) is 10.4 Å². The van der Waals surface area contributed by atoms with E-state index in [0.717, 1.165) is 27.9 Å². The van der Waals surface area contributed by atoms with E-state index in [1.165, 1.54) is 4.57 Å². The molecule has 0 spiro atoms. The average molecular weight is 400 g/mol. The topological polar surface area (TPSA) is 68.9 Å². The zero-order valence-electron chi connectivity index (χ0n) is 17.3. The molecule has 2 aromatic heterocycles. The number of amides is 1. The molecule has 4 aromatic rings. The number of nitrogens with one attached hydrogen (secondary N) is 1. The second-order valence-electron chi connectivity index (χ2n) is 7.45. The van der Waals surface area contributed by atoms with Crippen molar-refractivity contribution in [3.8, 4) is 5.69 Å². The van der Waals surface area contributed by atoms with Crippen LogP contribution in [0.1, 0.15) is 29.8 Å². The summed E-state index contributed by atoms with van der Waals surface area (Å²) in [5, 5.41) is 8.51. The van der Waals surface area contributed by atoms with Gasteiger partial charge in [-0.25, -0.2) is 4.68 Å². The van der Waals surface area contributed by atoms with Gasteiger partial charge in [0.15, 0.2) is 0 Å². The molecular weight excluding hydrogens is 376 g/mol. The molecule has 0 bridgehead atoms. The number of pyridine rings is 1. The zero-order chi connectivity index (χ0) is 21.3. The summed E-state index contributed by atoms with van der Waals surface area (Å²) in [6.45, 7) is 5.97. The summed E-state index contributed by atoms with van der Waals surface area (Å²) in [6, 6.07) is 20.2. The van der Waals surface area contributed by atoms with Crippen LogP contribution < -0.4 is 10.9 Å². The van der Waals surface area contributed by atoms with Crippen molar-refractivity contribution < 1.29 is 4.79 Å². The lowest BCUT2D eigenvalue weighted by molar-refractivity contribution is -0.124. The second-order valence-corrected chi connectivity index (χ2v) is 7.45. The van der Waals surface area contributed by atoms with Gasteiger partial charge in [0.25, 0.3) is 5.56 Å². The van der Waals surface area contributed by atoms with Gasteiger partial charge in [0.2, 0.25) is 5.91 Å². The Morgan fingerprint density at radius 1 is 1.03 bits per heavy atom. The number of carbonyl (C=O) groups is 1. The van der Waals surface area contributed by atoms with Crippen molar-refractivity contribution in [2.24, 2.45) is 0 Å². The molecule has 1 N–H and O–H groups in total. The molecular formula is C24H24N4O2. The molecule has 2 aromatic carbocycles. The predicted octanol–water partition coefficient (Wildman–Crippen LogP) is 3.68. The molecule has 1 unspecified atom stereocenters. The molecule has 30 heavy (non-hydrogen) atoms. The Labute approximate surface area is 174 Å². The lowest BCUT2D eigenvalue weighted by Gasteiger charge is -2.18. The van der Waals surface area contributed by atoms with Crippen LogP contribution in [-0.2, 0) is 11.3 Å². The van der Waals surface area contributed by atoms with Gasteiger partial charge in [0.05, 0.1) is 11.4 Å². The van der Waals surface area contributed by atoms with Crippen LogP contribution in [-0.4, -0.2) is 20.3 Å². The van der Waals surface area contributed by atoms with Gasteiger partial charge in [-0.2, -0.15) is 5.10 Å². The van der Waals surface area contributed by atoms with Gasteiger partial charge in [0.1, 0.15) is 11.7 Å². The third-order valence-corrected chi connectivity index (χ3v) is 5.31. The monoisotopic (exact) mass is 400 g/mol.